The molecule has 0 fully saturated rings. The Morgan fingerprint density at radius 1 is 0.520 bits per heavy atom. The molecular formula is C45H45ClN2O2. The van der Waals surface area contributed by atoms with E-state index in [1.807, 2.05) is 60.7 Å². The van der Waals surface area contributed by atoms with Gasteiger partial charge >= 0.3 is 0 Å². The van der Waals surface area contributed by atoms with Crippen LogP contribution in [0.2, 0.25) is 5.02 Å². The maximum atomic E-state index is 6.35. The molecule has 1 aromatic heterocycles. The van der Waals surface area contributed by atoms with Gasteiger partial charge in [-0.25, -0.2) is 4.98 Å². The molecule has 0 aliphatic heterocycles. The monoisotopic (exact) mass is 680 g/mol. The van der Waals surface area contributed by atoms with E-state index in [0.717, 1.165) is 93.0 Å². The Hall–Kier alpha value is -5.06. The summed E-state index contributed by atoms with van der Waals surface area (Å²) in [5.74, 6) is 2.76. The zero-order valence-electron chi connectivity index (χ0n) is 29.0. The van der Waals surface area contributed by atoms with Gasteiger partial charge in [-0.3, -0.25) is 0 Å². The summed E-state index contributed by atoms with van der Waals surface area (Å²) >= 11 is 6.35. The zero-order valence-corrected chi connectivity index (χ0v) is 29.8. The molecule has 1 heterocycles. The van der Waals surface area contributed by atoms with Crippen molar-refractivity contribution in [3.8, 4) is 45.4 Å². The van der Waals surface area contributed by atoms with Crippen molar-refractivity contribution in [2.45, 2.75) is 52.4 Å². The van der Waals surface area contributed by atoms with Gasteiger partial charge < -0.3 is 14.5 Å². The van der Waals surface area contributed by atoms with E-state index in [4.69, 9.17) is 26.1 Å². The fourth-order valence-electron chi connectivity index (χ4n) is 6.18. The van der Waals surface area contributed by atoms with Crippen LogP contribution in [0.5, 0.6) is 11.5 Å². The van der Waals surface area contributed by atoms with Gasteiger partial charge in [0.05, 0.1) is 29.6 Å². The Morgan fingerprint density at radius 3 is 1.44 bits per heavy atom. The Morgan fingerprint density at radius 2 is 0.960 bits per heavy atom. The Labute approximate surface area is 301 Å². The fraction of sp³-hybridized carbons (Fsp3) is 0.222. The highest BCUT2D eigenvalue weighted by Gasteiger charge is 2.17. The Balaban J connectivity index is 0.000000173. The molecule has 0 saturated carbocycles. The molecule has 0 spiro atoms. The molecule has 7 rings (SSSR count). The highest BCUT2D eigenvalue weighted by Crippen LogP contribution is 2.43. The quantitative estimate of drug-likeness (QED) is 0.0974. The van der Waals surface area contributed by atoms with E-state index < -0.39 is 0 Å². The van der Waals surface area contributed by atoms with Gasteiger partial charge in [-0.2, -0.15) is 0 Å². The fourth-order valence-corrected chi connectivity index (χ4v) is 6.41. The second-order valence-corrected chi connectivity index (χ2v) is 12.8. The molecule has 0 amide bonds. The summed E-state index contributed by atoms with van der Waals surface area (Å²) in [6.45, 7) is 5.96. The van der Waals surface area contributed by atoms with Crippen LogP contribution in [-0.4, -0.2) is 23.2 Å². The van der Waals surface area contributed by atoms with Crippen molar-refractivity contribution in [1.29, 1.82) is 0 Å². The van der Waals surface area contributed by atoms with Crippen molar-refractivity contribution in [1.82, 2.24) is 9.97 Å². The van der Waals surface area contributed by atoms with Gasteiger partial charge in [-0.05, 0) is 25.0 Å². The predicted molar refractivity (Wildman–Crippen MR) is 211 cm³/mol. The van der Waals surface area contributed by atoms with Crippen LogP contribution in [-0.2, 0) is 0 Å². The standard InChI is InChI=1S/C24H30O2.C21H15ClN2/c1-3-5-11-17-25-23-19-13-7-9-15-21(19)24(26-18-12-6-4-2)22-16-10-8-14-20(22)23;22-18-14-8-7-13-17(18)21-23-19(15-9-3-1-4-10-15)20(24-21)16-11-5-2-6-12-16/h7-10,13-16H,3-6,11-12,17-18H2,1-2H3;1-14H,(H,23,24). The van der Waals surface area contributed by atoms with E-state index in [1.165, 1.54) is 25.7 Å². The molecule has 5 heteroatoms. The lowest BCUT2D eigenvalue weighted by Gasteiger charge is -2.18. The van der Waals surface area contributed by atoms with Crippen molar-refractivity contribution >= 4 is 33.1 Å². The molecule has 4 nitrogen and oxygen atoms in total. The molecule has 254 valence electrons. The maximum Gasteiger partial charge on any atom is 0.140 e. The highest BCUT2D eigenvalue weighted by atomic mass is 35.5. The summed E-state index contributed by atoms with van der Waals surface area (Å²) in [7, 11) is 0. The number of hydrogen-bond acceptors (Lipinski definition) is 3. The molecule has 7 aromatic rings. The van der Waals surface area contributed by atoms with Gasteiger partial charge in [0.15, 0.2) is 0 Å². The third-order valence-electron chi connectivity index (χ3n) is 8.76. The molecular weight excluding hydrogens is 636 g/mol. The van der Waals surface area contributed by atoms with Gasteiger partial charge in [0, 0.05) is 38.2 Å². The van der Waals surface area contributed by atoms with Crippen molar-refractivity contribution in [3.05, 3.63) is 138 Å². The van der Waals surface area contributed by atoms with E-state index in [1.54, 1.807) is 0 Å². The molecule has 0 radical (unpaired) electrons. The van der Waals surface area contributed by atoms with Crippen LogP contribution in [0.1, 0.15) is 52.4 Å². The summed E-state index contributed by atoms with van der Waals surface area (Å²) in [4.78, 5) is 8.31. The topological polar surface area (TPSA) is 47.1 Å². The number of nitrogens with one attached hydrogen (secondary N) is 1. The number of aromatic amines is 1. The number of nitrogens with zero attached hydrogens (tertiary/aromatic N) is 1. The predicted octanol–water partition coefficient (Wildman–Crippen LogP) is 13.2. The van der Waals surface area contributed by atoms with E-state index in [9.17, 15) is 0 Å². The number of halogens is 1. The number of fused-ring (bicyclic) bond motifs is 2. The Bertz CT molecular complexity index is 1920. The van der Waals surface area contributed by atoms with Crippen molar-refractivity contribution < 1.29 is 9.47 Å². The summed E-state index contributed by atoms with van der Waals surface area (Å²) in [6.07, 6.45) is 7.00. The molecule has 0 bridgehead atoms. The van der Waals surface area contributed by atoms with Crippen molar-refractivity contribution in [2.24, 2.45) is 0 Å². The van der Waals surface area contributed by atoms with Gasteiger partial charge in [0.1, 0.15) is 17.3 Å². The number of unbranched alkanes of at least 4 members (excludes halogenated alkanes) is 4. The van der Waals surface area contributed by atoms with Crippen LogP contribution in [0, 0.1) is 0 Å². The number of H-pyrrole nitrogens is 1. The van der Waals surface area contributed by atoms with Crippen LogP contribution >= 0.6 is 11.6 Å². The minimum atomic E-state index is 0.686. The number of hydrogen-bond donors (Lipinski definition) is 1. The number of rotatable bonds is 13. The number of aromatic nitrogens is 2. The lowest BCUT2D eigenvalue weighted by molar-refractivity contribution is 0.308. The summed E-state index contributed by atoms with van der Waals surface area (Å²) < 4.78 is 12.6. The lowest BCUT2D eigenvalue weighted by atomic mass is 10.0. The first-order chi connectivity index (χ1) is 24.7. The minimum Gasteiger partial charge on any atom is -0.492 e. The highest BCUT2D eigenvalue weighted by molar-refractivity contribution is 6.33. The number of benzene rings is 6. The van der Waals surface area contributed by atoms with E-state index in [-0.39, 0.29) is 0 Å². The molecule has 0 aliphatic rings. The second kappa shape index (κ2) is 17.6. The van der Waals surface area contributed by atoms with Crippen LogP contribution in [0.3, 0.4) is 0 Å². The average Bonchev–Trinajstić information content (AvgIpc) is 3.62. The second-order valence-electron chi connectivity index (χ2n) is 12.4. The molecule has 50 heavy (non-hydrogen) atoms. The van der Waals surface area contributed by atoms with E-state index >= 15 is 0 Å². The molecule has 0 saturated heterocycles. The average molecular weight is 681 g/mol. The van der Waals surface area contributed by atoms with Crippen LogP contribution in [0.15, 0.2) is 133 Å². The first kappa shape index (κ1) is 34.8. The molecule has 0 aliphatic carbocycles. The SMILES string of the molecule is CCCCCOc1c2ccccc2c(OCCCCC)c2ccccc12.Clc1ccccc1-c1nc(-c2ccccc2)c(-c2ccccc2)[nH]1. The van der Waals surface area contributed by atoms with Gasteiger partial charge in [0.25, 0.3) is 0 Å². The minimum absolute atomic E-state index is 0.686. The van der Waals surface area contributed by atoms with Crippen molar-refractivity contribution in [2.75, 3.05) is 13.2 Å². The summed E-state index contributed by atoms with van der Waals surface area (Å²) in [6, 6.07) is 45.1. The molecule has 1 N–H and O–H groups in total. The Kier molecular flexibility index (Phi) is 12.2. The smallest absolute Gasteiger partial charge is 0.140 e. The molecule has 6 aromatic carbocycles. The first-order valence-electron chi connectivity index (χ1n) is 17.8. The third kappa shape index (κ3) is 8.21. The van der Waals surface area contributed by atoms with E-state index in [0.29, 0.717) is 5.02 Å². The molecule has 0 unspecified atom stereocenters. The number of ether oxygens (including phenoxy) is 2. The summed E-state index contributed by atoms with van der Waals surface area (Å²) in [5.41, 5.74) is 5.00. The van der Waals surface area contributed by atoms with Gasteiger partial charge in [-0.15, -0.1) is 0 Å². The van der Waals surface area contributed by atoms with Crippen molar-refractivity contribution in [3.63, 3.8) is 0 Å². The largest absolute Gasteiger partial charge is 0.492 e. The van der Waals surface area contributed by atoms with Gasteiger partial charge in [0.2, 0.25) is 0 Å². The van der Waals surface area contributed by atoms with Crippen LogP contribution in [0.25, 0.3) is 55.4 Å². The number of imidazole rings is 1. The van der Waals surface area contributed by atoms with E-state index in [2.05, 4.69) is 91.6 Å². The first-order valence-corrected chi connectivity index (χ1v) is 18.2. The van der Waals surface area contributed by atoms with Gasteiger partial charge in [-0.1, -0.05) is 172 Å². The summed E-state index contributed by atoms with van der Waals surface area (Å²) in [5, 5.41) is 5.27. The van der Waals surface area contributed by atoms with Crippen LogP contribution in [0.4, 0.5) is 0 Å². The zero-order chi connectivity index (χ0) is 34.5. The van der Waals surface area contributed by atoms with Crippen LogP contribution < -0.4 is 9.47 Å². The maximum absolute atomic E-state index is 6.35. The normalized spacial score (nSPS) is 10.9. The lowest BCUT2D eigenvalue weighted by Crippen LogP contribution is -2.02. The third-order valence-corrected chi connectivity index (χ3v) is 9.09. The molecule has 0 atom stereocenters.